The molecule has 96 valence electrons. The van der Waals surface area contributed by atoms with Gasteiger partial charge in [0, 0.05) is 44.8 Å². The highest BCUT2D eigenvalue weighted by molar-refractivity contribution is 4.86. The van der Waals surface area contributed by atoms with Crippen LogP contribution in [-0.4, -0.2) is 77.5 Å². The Kier molecular flexibility index (Phi) is 5.14. The number of nitrogens with zero attached hydrogens (tertiary/aromatic N) is 2. The van der Waals surface area contributed by atoms with Gasteiger partial charge in [0.1, 0.15) is 0 Å². The molecule has 1 rings (SSSR count). The SMILES string of the molecule is CC(C)(CN)N1CCN(CC(O)CO)CC1. The van der Waals surface area contributed by atoms with Gasteiger partial charge in [-0.2, -0.15) is 0 Å². The van der Waals surface area contributed by atoms with Gasteiger partial charge in [-0.05, 0) is 13.8 Å². The van der Waals surface area contributed by atoms with E-state index < -0.39 is 6.10 Å². The third-order valence-corrected chi connectivity index (χ3v) is 3.41. The largest absolute Gasteiger partial charge is 0.394 e. The van der Waals surface area contributed by atoms with Gasteiger partial charge in [0.05, 0.1) is 12.7 Å². The fraction of sp³-hybridized carbons (Fsp3) is 1.00. The van der Waals surface area contributed by atoms with Crippen LogP contribution in [0.15, 0.2) is 0 Å². The molecule has 1 aliphatic heterocycles. The predicted octanol–water partition coefficient (Wildman–Crippen LogP) is -1.31. The number of nitrogens with two attached hydrogens (primary N) is 1. The lowest BCUT2D eigenvalue weighted by atomic mass is 10.0. The summed E-state index contributed by atoms with van der Waals surface area (Å²) in [4.78, 5) is 4.57. The van der Waals surface area contributed by atoms with Gasteiger partial charge in [0.2, 0.25) is 0 Å². The number of piperazine rings is 1. The Morgan fingerprint density at radius 3 is 2.25 bits per heavy atom. The van der Waals surface area contributed by atoms with E-state index >= 15 is 0 Å². The summed E-state index contributed by atoms with van der Waals surface area (Å²) in [5.74, 6) is 0. The van der Waals surface area contributed by atoms with E-state index in [2.05, 4.69) is 23.6 Å². The zero-order chi connectivity index (χ0) is 12.2. The summed E-state index contributed by atoms with van der Waals surface area (Å²) >= 11 is 0. The third kappa shape index (κ3) is 3.68. The van der Waals surface area contributed by atoms with Crippen LogP contribution < -0.4 is 5.73 Å². The summed E-state index contributed by atoms with van der Waals surface area (Å²) in [6, 6.07) is 0. The fourth-order valence-electron chi connectivity index (χ4n) is 2.02. The molecule has 0 aromatic rings. The Labute approximate surface area is 97.8 Å². The lowest BCUT2D eigenvalue weighted by Gasteiger charge is -2.43. The van der Waals surface area contributed by atoms with Crippen LogP contribution in [-0.2, 0) is 0 Å². The van der Waals surface area contributed by atoms with E-state index in [0.29, 0.717) is 13.1 Å². The molecule has 1 unspecified atom stereocenters. The second kappa shape index (κ2) is 5.93. The van der Waals surface area contributed by atoms with Crippen LogP contribution in [0.4, 0.5) is 0 Å². The summed E-state index contributed by atoms with van der Waals surface area (Å²) in [5.41, 5.74) is 5.80. The summed E-state index contributed by atoms with van der Waals surface area (Å²) in [7, 11) is 0. The summed E-state index contributed by atoms with van der Waals surface area (Å²) in [6.45, 7) is 9.19. The molecule has 4 N–H and O–H groups in total. The first kappa shape index (κ1) is 13.9. The molecule has 0 aliphatic carbocycles. The van der Waals surface area contributed by atoms with Crippen molar-refractivity contribution in [3.8, 4) is 0 Å². The summed E-state index contributed by atoms with van der Waals surface area (Å²) in [5, 5.41) is 18.1. The maximum Gasteiger partial charge on any atom is 0.0897 e. The molecule has 0 spiro atoms. The summed E-state index contributed by atoms with van der Waals surface area (Å²) < 4.78 is 0. The van der Waals surface area contributed by atoms with Gasteiger partial charge in [-0.25, -0.2) is 0 Å². The van der Waals surface area contributed by atoms with Gasteiger partial charge < -0.3 is 15.9 Å². The lowest BCUT2D eigenvalue weighted by molar-refractivity contribution is 0.0170. The van der Waals surface area contributed by atoms with E-state index in [1.807, 2.05) is 0 Å². The van der Waals surface area contributed by atoms with Crippen LogP contribution in [0.5, 0.6) is 0 Å². The highest BCUT2D eigenvalue weighted by atomic mass is 16.3. The number of β-amino-alcohol motifs (C(OH)–C–C–N with tert-alkyl or cyclic N) is 1. The quantitative estimate of drug-likeness (QED) is 0.548. The highest BCUT2D eigenvalue weighted by Gasteiger charge is 2.28. The monoisotopic (exact) mass is 231 g/mol. The number of aliphatic hydroxyl groups excluding tert-OH is 2. The Morgan fingerprint density at radius 1 is 1.25 bits per heavy atom. The van der Waals surface area contributed by atoms with E-state index in [-0.39, 0.29) is 12.1 Å². The molecule has 0 aromatic heterocycles. The zero-order valence-electron chi connectivity index (χ0n) is 10.4. The van der Waals surface area contributed by atoms with Gasteiger partial charge in [0.25, 0.3) is 0 Å². The van der Waals surface area contributed by atoms with Crippen LogP contribution in [0.3, 0.4) is 0 Å². The number of hydrogen-bond acceptors (Lipinski definition) is 5. The first-order valence-corrected chi connectivity index (χ1v) is 5.96. The van der Waals surface area contributed by atoms with E-state index in [9.17, 15) is 5.11 Å². The van der Waals surface area contributed by atoms with E-state index in [0.717, 1.165) is 26.2 Å². The van der Waals surface area contributed by atoms with E-state index in [1.54, 1.807) is 0 Å². The van der Waals surface area contributed by atoms with E-state index in [4.69, 9.17) is 10.8 Å². The van der Waals surface area contributed by atoms with Crippen molar-refractivity contribution in [3.63, 3.8) is 0 Å². The lowest BCUT2D eigenvalue weighted by Crippen LogP contribution is -2.58. The molecule has 5 nitrogen and oxygen atoms in total. The maximum atomic E-state index is 9.36. The smallest absolute Gasteiger partial charge is 0.0897 e. The molecule has 0 saturated carbocycles. The van der Waals surface area contributed by atoms with Crippen molar-refractivity contribution in [3.05, 3.63) is 0 Å². The molecule has 1 heterocycles. The van der Waals surface area contributed by atoms with Gasteiger partial charge in [-0.3, -0.25) is 9.80 Å². The minimum atomic E-state index is -0.617. The van der Waals surface area contributed by atoms with Gasteiger partial charge in [-0.15, -0.1) is 0 Å². The molecule has 1 aliphatic rings. The van der Waals surface area contributed by atoms with Crippen molar-refractivity contribution >= 4 is 0 Å². The molecule has 0 aromatic carbocycles. The second-order valence-electron chi connectivity index (χ2n) is 5.14. The molecule has 0 amide bonds. The molecular weight excluding hydrogens is 206 g/mol. The standard InChI is InChI=1S/C11H25N3O2/c1-11(2,9-12)14-5-3-13(4-6-14)7-10(16)8-15/h10,15-16H,3-9,12H2,1-2H3. The van der Waals surface area contributed by atoms with Gasteiger partial charge >= 0.3 is 0 Å². The Balaban J connectivity index is 2.34. The van der Waals surface area contributed by atoms with Crippen LogP contribution in [0.2, 0.25) is 0 Å². The maximum absolute atomic E-state index is 9.36. The average Bonchev–Trinajstić information content (AvgIpc) is 2.29. The number of hydrogen-bond donors (Lipinski definition) is 3. The molecule has 0 radical (unpaired) electrons. The van der Waals surface area contributed by atoms with Crippen molar-refractivity contribution < 1.29 is 10.2 Å². The number of rotatable bonds is 5. The third-order valence-electron chi connectivity index (χ3n) is 3.41. The van der Waals surface area contributed by atoms with Crippen LogP contribution in [0.25, 0.3) is 0 Å². The summed E-state index contributed by atoms with van der Waals surface area (Å²) in [6.07, 6.45) is -0.617. The molecule has 1 atom stereocenters. The average molecular weight is 231 g/mol. The second-order valence-corrected chi connectivity index (χ2v) is 5.14. The first-order chi connectivity index (χ1) is 7.49. The van der Waals surface area contributed by atoms with Crippen LogP contribution in [0, 0.1) is 0 Å². The van der Waals surface area contributed by atoms with Crippen molar-refractivity contribution in [2.45, 2.75) is 25.5 Å². The van der Waals surface area contributed by atoms with Crippen molar-refractivity contribution in [1.29, 1.82) is 0 Å². The minimum Gasteiger partial charge on any atom is -0.394 e. The Morgan fingerprint density at radius 2 is 1.81 bits per heavy atom. The molecule has 1 saturated heterocycles. The molecule has 5 heteroatoms. The topological polar surface area (TPSA) is 73.0 Å². The van der Waals surface area contributed by atoms with Crippen molar-refractivity contribution in [1.82, 2.24) is 9.80 Å². The number of aliphatic hydroxyl groups is 2. The fourth-order valence-corrected chi connectivity index (χ4v) is 2.02. The predicted molar refractivity (Wildman–Crippen MR) is 64.2 cm³/mol. The van der Waals surface area contributed by atoms with Crippen LogP contribution in [0.1, 0.15) is 13.8 Å². The first-order valence-electron chi connectivity index (χ1n) is 5.96. The van der Waals surface area contributed by atoms with Gasteiger partial charge in [0.15, 0.2) is 0 Å². The molecular formula is C11H25N3O2. The molecule has 1 fully saturated rings. The van der Waals surface area contributed by atoms with Crippen molar-refractivity contribution in [2.24, 2.45) is 5.73 Å². The Bertz CT molecular complexity index is 203. The Hall–Kier alpha value is -0.200. The molecule has 16 heavy (non-hydrogen) atoms. The minimum absolute atomic E-state index is 0.0572. The molecule has 0 bridgehead atoms. The van der Waals surface area contributed by atoms with Crippen LogP contribution >= 0.6 is 0 Å². The zero-order valence-corrected chi connectivity index (χ0v) is 10.4. The van der Waals surface area contributed by atoms with Gasteiger partial charge in [-0.1, -0.05) is 0 Å². The normalized spacial score (nSPS) is 22.3. The van der Waals surface area contributed by atoms with E-state index in [1.165, 1.54) is 0 Å². The highest BCUT2D eigenvalue weighted by Crippen LogP contribution is 2.15. The van der Waals surface area contributed by atoms with Crippen molar-refractivity contribution in [2.75, 3.05) is 45.9 Å².